The summed E-state index contributed by atoms with van der Waals surface area (Å²) in [5, 5.41) is 5.71. The number of hydrogen-bond donors (Lipinski definition) is 1. The number of halogens is 1. The molecule has 2 aromatic rings. The Labute approximate surface area is 117 Å². The smallest absolute Gasteiger partial charge is 0.141 e. The number of rotatable bonds is 6. The number of nitrogens with zero attached hydrogens (tertiary/aromatic N) is 1. The topological polar surface area (TPSA) is 24.9 Å². The van der Waals surface area contributed by atoms with Gasteiger partial charge in [0.15, 0.2) is 0 Å². The highest BCUT2D eigenvalue weighted by Gasteiger charge is 2.17. The maximum atomic E-state index is 12.9. The first-order valence-electron chi connectivity index (χ1n) is 6.65. The predicted molar refractivity (Wildman–Crippen MR) is 77.7 cm³/mol. The molecular weight excluding hydrogens is 259 g/mol. The van der Waals surface area contributed by atoms with Gasteiger partial charge < -0.3 is 5.32 Å². The van der Waals surface area contributed by atoms with Gasteiger partial charge in [-0.05, 0) is 36.4 Å². The molecule has 0 fully saturated rings. The van der Waals surface area contributed by atoms with Gasteiger partial charge in [0.05, 0.1) is 11.9 Å². The average molecular weight is 278 g/mol. The Morgan fingerprint density at radius 2 is 2.00 bits per heavy atom. The van der Waals surface area contributed by atoms with Crippen molar-refractivity contribution in [2.45, 2.75) is 38.8 Å². The molecule has 0 amide bonds. The molecule has 0 radical (unpaired) electrons. The molecule has 0 aliphatic carbocycles. The quantitative estimate of drug-likeness (QED) is 0.843. The minimum atomic E-state index is -0.288. The van der Waals surface area contributed by atoms with Gasteiger partial charge in [-0.2, -0.15) is 0 Å². The van der Waals surface area contributed by atoms with E-state index in [2.05, 4.69) is 41.7 Å². The second kappa shape index (κ2) is 6.78. The van der Waals surface area contributed by atoms with Crippen molar-refractivity contribution in [2.75, 3.05) is 0 Å². The lowest BCUT2D eigenvalue weighted by Crippen LogP contribution is -2.26. The molecule has 2 atom stereocenters. The van der Waals surface area contributed by atoms with Crippen LogP contribution in [0.5, 0.6) is 0 Å². The van der Waals surface area contributed by atoms with Crippen LogP contribution in [0.3, 0.4) is 0 Å². The zero-order valence-electron chi connectivity index (χ0n) is 11.3. The highest BCUT2D eigenvalue weighted by atomic mass is 32.1. The van der Waals surface area contributed by atoms with Crippen LogP contribution in [0.2, 0.25) is 0 Å². The summed E-state index contributed by atoms with van der Waals surface area (Å²) in [6.45, 7) is 4.28. The van der Waals surface area contributed by atoms with Gasteiger partial charge in [-0.15, -0.1) is 11.3 Å². The van der Waals surface area contributed by atoms with Gasteiger partial charge in [-0.1, -0.05) is 19.9 Å². The van der Waals surface area contributed by atoms with Gasteiger partial charge in [0.2, 0.25) is 0 Å². The fraction of sp³-hybridized carbons (Fsp3) is 0.400. The van der Waals surface area contributed by atoms with E-state index >= 15 is 0 Å². The van der Waals surface area contributed by atoms with E-state index in [1.807, 2.05) is 0 Å². The molecule has 2 aromatic heterocycles. The number of pyridine rings is 1. The highest BCUT2D eigenvalue weighted by Crippen LogP contribution is 2.26. The SMILES string of the molecule is CCC(NC(CC)c1cccs1)c1ccc(F)cn1. The summed E-state index contributed by atoms with van der Waals surface area (Å²) in [6.07, 6.45) is 3.24. The molecule has 19 heavy (non-hydrogen) atoms. The molecule has 0 saturated heterocycles. The van der Waals surface area contributed by atoms with Gasteiger partial charge in [-0.25, -0.2) is 4.39 Å². The normalized spacial score (nSPS) is 14.3. The van der Waals surface area contributed by atoms with Crippen molar-refractivity contribution in [1.29, 1.82) is 0 Å². The van der Waals surface area contributed by atoms with Crippen LogP contribution in [-0.4, -0.2) is 4.98 Å². The summed E-state index contributed by atoms with van der Waals surface area (Å²) in [5.74, 6) is -0.288. The van der Waals surface area contributed by atoms with Crippen molar-refractivity contribution in [3.63, 3.8) is 0 Å². The molecule has 4 heteroatoms. The lowest BCUT2D eigenvalue weighted by atomic mass is 10.1. The Morgan fingerprint density at radius 3 is 2.53 bits per heavy atom. The number of aromatic nitrogens is 1. The third kappa shape index (κ3) is 3.61. The summed E-state index contributed by atoms with van der Waals surface area (Å²) >= 11 is 1.76. The molecule has 2 heterocycles. The molecule has 0 saturated carbocycles. The van der Waals surface area contributed by atoms with Crippen LogP contribution in [0.15, 0.2) is 35.8 Å². The Morgan fingerprint density at radius 1 is 1.21 bits per heavy atom. The van der Waals surface area contributed by atoms with E-state index in [1.165, 1.54) is 17.1 Å². The zero-order chi connectivity index (χ0) is 13.7. The summed E-state index contributed by atoms with van der Waals surface area (Å²) in [6, 6.07) is 7.94. The van der Waals surface area contributed by atoms with E-state index in [4.69, 9.17) is 0 Å². The van der Waals surface area contributed by atoms with Crippen LogP contribution >= 0.6 is 11.3 Å². The maximum Gasteiger partial charge on any atom is 0.141 e. The molecule has 0 bridgehead atoms. The number of nitrogens with one attached hydrogen (secondary N) is 1. The molecule has 0 aliphatic rings. The van der Waals surface area contributed by atoms with Gasteiger partial charge in [0.25, 0.3) is 0 Å². The molecule has 2 unspecified atom stereocenters. The van der Waals surface area contributed by atoms with E-state index in [9.17, 15) is 4.39 Å². The lowest BCUT2D eigenvalue weighted by Gasteiger charge is -2.23. The molecule has 0 aliphatic heterocycles. The van der Waals surface area contributed by atoms with E-state index in [0.29, 0.717) is 6.04 Å². The monoisotopic (exact) mass is 278 g/mol. The summed E-state index contributed by atoms with van der Waals surface area (Å²) in [4.78, 5) is 5.52. The Bertz CT molecular complexity index is 481. The first kappa shape index (κ1) is 14.2. The van der Waals surface area contributed by atoms with Crippen LogP contribution in [0, 0.1) is 5.82 Å². The second-order valence-electron chi connectivity index (χ2n) is 4.51. The Hall–Kier alpha value is -1.26. The van der Waals surface area contributed by atoms with Crippen molar-refractivity contribution < 1.29 is 4.39 Å². The lowest BCUT2D eigenvalue weighted by molar-refractivity contribution is 0.422. The minimum absolute atomic E-state index is 0.160. The number of thiophene rings is 1. The Kier molecular flexibility index (Phi) is 5.05. The molecule has 0 aromatic carbocycles. The van der Waals surface area contributed by atoms with E-state index < -0.39 is 0 Å². The average Bonchev–Trinajstić information content (AvgIpc) is 2.95. The molecular formula is C15H19FN2S. The van der Waals surface area contributed by atoms with Gasteiger partial charge in [0.1, 0.15) is 5.82 Å². The van der Waals surface area contributed by atoms with Crippen LogP contribution in [0.1, 0.15) is 49.3 Å². The van der Waals surface area contributed by atoms with Crippen molar-refractivity contribution in [2.24, 2.45) is 0 Å². The third-order valence-electron chi connectivity index (χ3n) is 3.21. The Balaban J connectivity index is 2.11. The van der Waals surface area contributed by atoms with Gasteiger partial charge in [-0.3, -0.25) is 4.98 Å². The first-order chi connectivity index (χ1) is 9.24. The van der Waals surface area contributed by atoms with Gasteiger partial charge >= 0.3 is 0 Å². The van der Waals surface area contributed by atoms with Crippen LogP contribution in [-0.2, 0) is 0 Å². The number of hydrogen-bond acceptors (Lipinski definition) is 3. The molecule has 2 rings (SSSR count). The van der Waals surface area contributed by atoms with Crippen LogP contribution in [0.25, 0.3) is 0 Å². The maximum absolute atomic E-state index is 12.9. The summed E-state index contributed by atoms with van der Waals surface area (Å²) < 4.78 is 12.9. The van der Waals surface area contributed by atoms with E-state index in [-0.39, 0.29) is 11.9 Å². The van der Waals surface area contributed by atoms with Crippen molar-refractivity contribution in [3.05, 3.63) is 52.2 Å². The zero-order valence-corrected chi connectivity index (χ0v) is 12.1. The molecule has 1 N–H and O–H groups in total. The fourth-order valence-corrected chi connectivity index (χ4v) is 3.01. The third-order valence-corrected chi connectivity index (χ3v) is 4.20. The van der Waals surface area contributed by atoms with Crippen LogP contribution < -0.4 is 5.32 Å². The summed E-state index contributed by atoms with van der Waals surface area (Å²) in [7, 11) is 0. The molecule has 2 nitrogen and oxygen atoms in total. The fourth-order valence-electron chi connectivity index (χ4n) is 2.14. The minimum Gasteiger partial charge on any atom is -0.301 e. The standard InChI is InChI=1S/C15H19FN2S/c1-3-12(14-8-7-11(16)10-17-14)18-13(4-2)15-6-5-9-19-15/h5-10,12-13,18H,3-4H2,1-2H3. The van der Waals surface area contributed by atoms with Crippen LogP contribution in [0.4, 0.5) is 4.39 Å². The summed E-state index contributed by atoms with van der Waals surface area (Å²) in [5.41, 5.74) is 0.902. The van der Waals surface area contributed by atoms with Crippen molar-refractivity contribution in [3.8, 4) is 0 Å². The van der Waals surface area contributed by atoms with E-state index in [1.54, 1.807) is 17.4 Å². The largest absolute Gasteiger partial charge is 0.301 e. The molecule has 0 spiro atoms. The van der Waals surface area contributed by atoms with Gasteiger partial charge in [0, 0.05) is 17.0 Å². The molecule has 102 valence electrons. The van der Waals surface area contributed by atoms with Crippen molar-refractivity contribution in [1.82, 2.24) is 10.3 Å². The first-order valence-corrected chi connectivity index (χ1v) is 7.53. The highest BCUT2D eigenvalue weighted by molar-refractivity contribution is 7.10. The van der Waals surface area contributed by atoms with E-state index in [0.717, 1.165) is 18.5 Å². The predicted octanol–water partition coefficient (Wildman–Crippen LogP) is 4.47. The van der Waals surface area contributed by atoms with Crippen molar-refractivity contribution >= 4 is 11.3 Å². The second-order valence-corrected chi connectivity index (χ2v) is 5.48.